The van der Waals surface area contributed by atoms with Gasteiger partial charge in [-0.1, -0.05) is 54.6 Å². The van der Waals surface area contributed by atoms with E-state index in [1.807, 2.05) is 12.3 Å². The normalized spacial score (nSPS) is 10.7. The number of hydrogen-bond donors (Lipinski definition) is 2. The van der Waals surface area contributed by atoms with Crippen molar-refractivity contribution in [2.45, 2.75) is 6.42 Å². The van der Waals surface area contributed by atoms with Gasteiger partial charge in [0.1, 0.15) is 5.82 Å². The minimum atomic E-state index is 0.611. The smallest absolute Gasteiger partial charge is 0.107 e. The molecule has 0 atom stereocenters. The second-order valence-electron chi connectivity index (χ2n) is 4.73. The average molecular weight is 263 g/mol. The maximum atomic E-state index is 5.53. The Hall–Kier alpha value is -2.39. The van der Waals surface area contributed by atoms with E-state index in [1.54, 1.807) is 0 Å². The van der Waals surface area contributed by atoms with Crippen molar-refractivity contribution in [3.63, 3.8) is 0 Å². The maximum Gasteiger partial charge on any atom is 0.107 e. The molecule has 0 unspecified atom stereocenters. The second-order valence-corrected chi connectivity index (χ2v) is 4.73. The fourth-order valence-electron chi connectivity index (χ4n) is 2.25. The molecular weight excluding hydrogens is 246 g/mol. The van der Waals surface area contributed by atoms with Crippen molar-refractivity contribution < 1.29 is 0 Å². The number of nitrogens with one attached hydrogen (secondary N) is 1. The van der Waals surface area contributed by atoms with Crippen molar-refractivity contribution in [3.05, 3.63) is 66.6 Å². The first-order valence-electron chi connectivity index (χ1n) is 6.76. The first-order valence-corrected chi connectivity index (χ1v) is 6.76. The van der Waals surface area contributed by atoms with Crippen molar-refractivity contribution in [1.82, 2.24) is 9.97 Å². The van der Waals surface area contributed by atoms with Gasteiger partial charge in [-0.05, 0) is 23.2 Å². The molecule has 20 heavy (non-hydrogen) atoms. The molecule has 0 fully saturated rings. The van der Waals surface area contributed by atoms with Crippen molar-refractivity contribution >= 4 is 0 Å². The number of benzene rings is 2. The Morgan fingerprint density at radius 1 is 0.850 bits per heavy atom. The zero-order valence-electron chi connectivity index (χ0n) is 11.2. The molecule has 3 aromatic rings. The van der Waals surface area contributed by atoms with Crippen LogP contribution in [0.5, 0.6) is 0 Å². The van der Waals surface area contributed by atoms with Crippen LogP contribution in [0.25, 0.3) is 22.4 Å². The van der Waals surface area contributed by atoms with Gasteiger partial charge in [-0.2, -0.15) is 0 Å². The summed E-state index contributed by atoms with van der Waals surface area (Å²) in [5, 5.41) is 0. The van der Waals surface area contributed by atoms with E-state index >= 15 is 0 Å². The van der Waals surface area contributed by atoms with E-state index in [9.17, 15) is 0 Å². The Labute approximate surface area is 118 Å². The van der Waals surface area contributed by atoms with Crippen LogP contribution in [-0.2, 0) is 6.42 Å². The fraction of sp³-hybridized carbons (Fsp3) is 0.118. The highest BCUT2D eigenvalue weighted by Gasteiger charge is 2.03. The molecule has 0 bridgehead atoms. The molecule has 1 heterocycles. The van der Waals surface area contributed by atoms with E-state index in [0.29, 0.717) is 6.54 Å². The number of rotatable bonds is 4. The lowest BCUT2D eigenvalue weighted by atomic mass is 10.0. The van der Waals surface area contributed by atoms with Crippen LogP contribution in [0.15, 0.2) is 60.8 Å². The van der Waals surface area contributed by atoms with Crippen LogP contribution >= 0.6 is 0 Å². The van der Waals surface area contributed by atoms with Gasteiger partial charge in [0, 0.05) is 6.42 Å². The molecule has 3 heteroatoms. The number of hydrogen-bond acceptors (Lipinski definition) is 2. The molecule has 0 aliphatic heterocycles. The summed E-state index contributed by atoms with van der Waals surface area (Å²) in [5.74, 6) is 0.939. The summed E-state index contributed by atoms with van der Waals surface area (Å²) in [4.78, 5) is 7.63. The molecule has 0 saturated heterocycles. The maximum absolute atomic E-state index is 5.53. The van der Waals surface area contributed by atoms with Gasteiger partial charge < -0.3 is 10.7 Å². The van der Waals surface area contributed by atoms with Crippen LogP contribution in [0.4, 0.5) is 0 Å². The van der Waals surface area contributed by atoms with Crippen LogP contribution in [0.1, 0.15) is 5.82 Å². The predicted molar refractivity (Wildman–Crippen MR) is 82.2 cm³/mol. The summed E-state index contributed by atoms with van der Waals surface area (Å²) in [7, 11) is 0. The van der Waals surface area contributed by atoms with Gasteiger partial charge in [-0.3, -0.25) is 0 Å². The lowest BCUT2D eigenvalue weighted by Crippen LogP contribution is -2.03. The van der Waals surface area contributed by atoms with Crippen molar-refractivity contribution in [2.24, 2.45) is 5.73 Å². The van der Waals surface area contributed by atoms with Crippen molar-refractivity contribution in [1.29, 1.82) is 0 Å². The largest absolute Gasteiger partial charge is 0.342 e. The Morgan fingerprint density at radius 2 is 1.50 bits per heavy atom. The molecule has 3 nitrogen and oxygen atoms in total. The number of nitrogens with two attached hydrogens (primary N) is 1. The molecular formula is C17H17N3. The number of imidazole rings is 1. The molecule has 0 amide bonds. The van der Waals surface area contributed by atoms with Crippen LogP contribution in [-0.4, -0.2) is 16.5 Å². The molecule has 2 aromatic carbocycles. The third-order valence-electron chi connectivity index (χ3n) is 3.31. The van der Waals surface area contributed by atoms with E-state index in [2.05, 4.69) is 58.5 Å². The third kappa shape index (κ3) is 2.63. The quantitative estimate of drug-likeness (QED) is 0.759. The summed E-state index contributed by atoms with van der Waals surface area (Å²) in [6, 6.07) is 18.9. The molecule has 0 saturated carbocycles. The van der Waals surface area contributed by atoms with Gasteiger partial charge in [0.15, 0.2) is 0 Å². The average Bonchev–Trinajstić information content (AvgIpc) is 2.97. The first kappa shape index (κ1) is 12.6. The first-order chi connectivity index (χ1) is 9.86. The second kappa shape index (κ2) is 5.72. The van der Waals surface area contributed by atoms with E-state index in [-0.39, 0.29) is 0 Å². The zero-order chi connectivity index (χ0) is 13.8. The fourth-order valence-corrected chi connectivity index (χ4v) is 2.25. The van der Waals surface area contributed by atoms with Crippen LogP contribution in [0.3, 0.4) is 0 Å². The molecule has 0 aliphatic carbocycles. The van der Waals surface area contributed by atoms with Crippen LogP contribution < -0.4 is 5.73 Å². The number of aromatic amines is 1. The molecule has 1 aromatic heterocycles. The molecule has 0 spiro atoms. The minimum absolute atomic E-state index is 0.611. The van der Waals surface area contributed by atoms with E-state index in [0.717, 1.165) is 23.5 Å². The monoisotopic (exact) mass is 263 g/mol. The summed E-state index contributed by atoms with van der Waals surface area (Å²) in [5.41, 5.74) is 10.2. The lowest BCUT2D eigenvalue weighted by Gasteiger charge is -2.03. The summed E-state index contributed by atoms with van der Waals surface area (Å²) < 4.78 is 0. The SMILES string of the molecule is NCCc1ncc(-c2ccc(-c3ccccc3)cc2)[nH]1. The highest BCUT2D eigenvalue weighted by Crippen LogP contribution is 2.23. The van der Waals surface area contributed by atoms with Crippen LogP contribution in [0.2, 0.25) is 0 Å². The lowest BCUT2D eigenvalue weighted by molar-refractivity contribution is 0.895. The summed E-state index contributed by atoms with van der Waals surface area (Å²) in [6.07, 6.45) is 2.64. The van der Waals surface area contributed by atoms with Gasteiger partial charge >= 0.3 is 0 Å². The van der Waals surface area contributed by atoms with E-state index < -0.39 is 0 Å². The predicted octanol–water partition coefficient (Wildman–Crippen LogP) is 3.24. The van der Waals surface area contributed by atoms with Crippen molar-refractivity contribution in [3.8, 4) is 22.4 Å². The number of H-pyrrole nitrogens is 1. The van der Waals surface area contributed by atoms with Crippen molar-refractivity contribution in [2.75, 3.05) is 6.54 Å². The Morgan fingerprint density at radius 3 is 2.20 bits per heavy atom. The van der Waals surface area contributed by atoms with Gasteiger partial charge in [0.25, 0.3) is 0 Å². The molecule has 100 valence electrons. The Kier molecular flexibility index (Phi) is 3.61. The van der Waals surface area contributed by atoms with Gasteiger partial charge in [-0.25, -0.2) is 4.98 Å². The van der Waals surface area contributed by atoms with Crippen LogP contribution in [0, 0.1) is 0 Å². The molecule has 0 radical (unpaired) electrons. The minimum Gasteiger partial charge on any atom is -0.342 e. The molecule has 0 aliphatic rings. The number of nitrogens with zero attached hydrogens (tertiary/aromatic N) is 1. The highest BCUT2D eigenvalue weighted by atomic mass is 14.9. The van der Waals surface area contributed by atoms with Gasteiger partial charge in [0.05, 0.1) is 11.9 Å². The topological polar surface area (TPSA) is 54.7 Å². The Bertz CT molecular complexity index is 669. The van der Waals surface area contributed by atoms with Gasteiger partial charge in [0.2, 0.25) is 0 Å². The van der Waals surface area contributed by atoms with Gasteiger partial charge in [-0.15, -0.1) is 0 Å². The zero-order valence-corrected chi connectivity index (χ0v) is 11.2. The molecule has 3 rings (SSSR count). The third-order valence-corrected chi connectivity index (χ3v) is 3.31. The Balaban J connectivity index is 1.85. The van der Waals surface area contributed by atoms with E-state index in [4.69, 9.17) is 5.73 Å². The van der Waals surface area contributed by atoms with E-state index in [1.165, 1.54) is 11.1 Å². The summed E-state index contributed by atoms with van der Waals surface area (Å²) in [6.45, 7) is 0.611. The highest BCUT2D eigenvalue weighted by molar-refractivity contribution is 5.68. The number of aromatic nitrogens is 2. The summed E-state index contributed by atoms with van der Waals surface area (Å²) >= 11 is 0. The standard InChI is InChI=1S/C17H17N3/c18-11-10-17-19-12-16(20-17)15-8-6-14(7-9-15)13-4-2-1-3-5-13/h1-9,12H,10-11,18H2,(H,19,20). The molecule has 3 N–H and O–H groups in total.